The number of carbonyl (C=O) groups excluding carboxylic acids is 1. The zero-order valence-electron chi connectivity index (χ0n) is 13.4. The molecule has 7 heteroatoms. The van der Waals surface area contributed by atoms with Gasteiger partial charge < -0.3 is 9.80 Å². The van der Waals surface area contributed by atoms with Crippen molar-refractivity contribution in [2.45, 2.75) is 6.92 Å². The molecule has 2 aromatic rings. The smallest absolute Gasteiger partial charge is 0.256 e. The van der Waals surface area contributed by atoms with E-state index in [2.05, 4.69) is 19.9 Å². The van der Waals surface area contributed by atoms with Gasteiger partial charge >= 0.3 is 0 Å². The second-order valence-electron chi connectivity index (χ2n) is 6.51. The molecule has 0 N–H and O–H groups in total. The van der Waals surface area contributed by atoms with Crippen LogP contribution < -0.4 is 4.90 Å². The Balaban J connectivity index is 1.45. The van der Waals surface area contributed by atoms with Crippen molar-refractivity contribution in [1.82, 2.24) is 19.9 Å². The maximum Gasteiger partial charge on any atom is 0.256 e. The van der Waals surface area contributed by atoms with Crippen molar-refractivity contribution >= 4 is 11.7 Å². The summed E-state index contributed by atoms with van der Waals surface area (Å²) in [7, 11) is 0. The predicted octanol–water partition coefficient (Wildman–Crippen LogP) is 1.53. The molecule has 2 unspecified atom stereocenters. The highest BCUT2D eigenvalue weighted by Gasteiger charge is 2.42. The van der Waals surface area contributed by atoms with Crippen molar-refractivity contribution in [2.75, 3.05) is 31.1 Å². The summed E-state index contributed by atoms with van der Waals surface area (Å²) in [5.74, 6) is 0.935. The molecule has 24 heavy (non-hydrogen) atoms. The molecule has 0 aliphatic carbocycles. The summed E-state index contributed by atoms with van der Waals surface area (Å²) in [4.78, 5) is 28.7. The van der Waals surface area contributed by atoms with Crippen molar-refractivity contribution in [1.29, 1.82) is 0 Å². The third-order valence-corrected chi connectivity index (χ3v) is 4.89. The largest absolute Gasteiger partial charge is 0.356 e. The Kier molecular flexibility index (Phi) is 3.63. The van der Waals surface area contributed by atoms with Crippen LogP contribution in [-0.4, -0.2) is 51.9 Å². The number of anilines is 1. The second-order valence-corrected chi connectivity index (χ2v) is 6.51. The number of halogens is 1. The molecule has 2 fully saturated rings. The van der Waals surface area contributed by atoms with Crippen molar-refractivity contribution < 1.29 is 9.18 Å². The zero-order chi connectivity index (χ0) is 16.7. The van der Waals surface area contributed by atoms with Crippen molar-refractivity contribution in [3.05, 3.63) is 47.9 Å². The minimum Gasteiger partial charge on any atom is -0.356 e. The van der Waals surface area contributed by atoms with Crippen LogP contribution in [0.4, 0.5) is 10.2 Å². The normalized spacial score (nSPS) is 22.8. The third kappa shape index (κ3) is 2.60. The molecule has 4 heterocycles. The highest BCUT2D eigenvalue weighted by atomic mass is 19.1. The molecule has 0 aromatic carbocycles. The maximum absolute atomic E-state index is 13.8. The van der Waals surface area contributed by atoms with Crippen LogP contribution in [0.1, 0.15) is 16.1 Å². The van der Waals surface area contributed by atoms with E-state index in [1.165, 1.54) is 12.3 Å². The van der Waals surface area contributed by atoms with Gasteiger partial charge in [-0.2, -0.15) is 0 Å². The van der Waals surface area contributed by atoms with E-state index in [9.17, 15) is 9.18 Å². The van der Waals surface area contributed by atoms with Crippen molar-refractivity contribution in [2.24, 2.45) is 11.8 Å². The number of nitrogens with zero attached hydrogens (tertiary/aromatic N) is 5. The molecule has 6 nitrogen and oxygen atoms in total. The van der Waals surface area contributed by atoms with Gasteiger partial charge in [0.2, 0.25) is 0 Å². The lowest BCUT2D eigenvalue weighted by atomic mass is 10.0. The van der Waals surface area contributed by atoms with Crippen LogP contribution in [0.25, 0.3) is 0 Å². The van der Waals surface area contributed by atoms with Crippen LogP contribution in [0, 0.1) is 24.6 Å². The Morgan fingerprint density at radius 1 is 1.21 bits per heavy atom. The molecule has 2 atom stereocenters. The number of pyridine rings is 1. The second kappa shape index (κ2) is 5.81. The summed E-state index contributed by atoms with van der Waals surface area (Å²) in [5.41, 5.74) is 1.05. The molecule has 2 aliphatic heterocycles. The van der Waals surface area contributed by atoms with E-state index in [1.807, 2.05) is 13.0 Å². The summed E-state index contributed by atoms with van der Waals surface area (Å²) in [6.45, 7) is 5.00. The van der Waals surface area contributed by atoms with Crippen molar-refractivity contribution in [3.8, 4) is 0 Å². The summed E-state index contributed by atoms with van der Waals surface area (Å²) in [6.07, 6.45) is 4.12. The molecule has 4 rings (SSSR count). The van der Waals surface area contributed by atoms with Gasteiger partial charge in [0, 0.05) is 56.0 Å². The summed E-state index contributed by atoms with van der Waals surface area (Å²) in [6, 6.07) is 3.43. The van der Waals surface area contributed by atoms with Gasteiger partial charge in [0.1, 0.15) is 12.1 Å². The van der Waals surface area contributed by atoms with Crippen LogP contribution in [0.3, 0.4) is 0 Å². The van der Waals surface area contributed by atoms with E-state index in [1.54, 1.807) is 11.2 Å². The fourth-order valence-electron chi connectivity index (χ4n) is 3.68. The van der Waals surface area contributed by atoms with Gasteiger partial charge in [0.05, 0.1) is 11.8 Å². The maximum atomic E-state index is 13.8. The van der Waals surface area contributed by atoms with Crippen LogP contribution in [-0.2, 0) is 0 Å². The molecule has 2 saturated heterocycles. The van der Waals surface area contributed by atoms with E-state index < -0.39 is 5.82 Å². The number of rotatable bonds is 2. The molecule has 2 aromatic heterocycles. The first kappa shape index (κ1) is 15.0. The lowest BCUT2D eigenvalue weighted by molar-refractivity contribution is 0.0777. The van der Waals surface area contributed by atoms with Gasteiger partial charge in [-0.25, -0.2) is 14.4 Å². The van der Waals surface area contributed by atoms with Gasteiger partial charge in [-0.3, -0.25) is 9.78 Å². The Hall–Kier alpha value is -2.57. The lowest BCUT2D eigenvalue weighted by Crippen LogP contribution is -2.34. The minimum absolute atomic E-state index is 0.105. The van der Waals surface area contributed by atoms with Crippen LogP contribution in [0.2, 0.25) is 0 Å². The van der Waals surface area contributed by atoms with Gasteiger partial charge in [-0.05, 0) is 13.0 Å². The SMILES string of the molecule is Cc1cc(N2CC3CN(C(=O)c4ccncc4F)CC3C2)ncn1. The summed E-state index contributed by atoms with van der Waals surface area (Å²) in [5, 5.41) is 0. The zero-order valence-corrected chi connectivity index (χ0v) is 13.4. The molecule has 0 bridgehead atoms. The first-order valence-corrected chi connectivity index (χ1v) is 8.04. The molecular formula is C17H18FN5O. The summed E-state index contributed by atoms with van der Waals surface area (Å²) >= 11 is 0. The number of carbonyl (C=O) groups is 1. The van der Waals surface area contributed by atoms with Crippen LogP contribution >= 0.6 is 0 Å². The molecule has 2 aliphatic rings. The molecule has 1 amide bonds. The standard InChI is InChI=1S/C17H18FN5O/c1-11-4-16(21-10-20-11)22-6-12-8-23(9-13(12)7-22)17(24)14-2-3-19-5-15(14)18/h2-5,10,12-13H,6-9H2,1H3. The Morgan fingerprint density at radius 3 is 2.62 bits per heavy atom. The average molecular weight is 327 g/mol. The van der Waals surface area contributed by atoms with Crippen LogP contribution in [0.5, 0.6) is 0 Å². The van der Waals surface area contributed by atoms with E-state index in [0.29, 0.717) is 24.9 Å². The van der Waals surface area contributed by atoms with E-state index in [0.717, 1.165) is 30.8 Å². The number of amides is 1. The number of aryl methyl sites for hydroxylation is 1. The van der Waals surface area contributed by atoms with Gasteiger partial charge in [0.25, 0.3) is 5.91 Å². The molecule has 0 saturated carbocycles. The number of aromatic nitrogens is 3. The van der Waals surface area contributed by atoms with Gasteiger partial charge in [-0.15, -0.1) is 0 Å². The fourth-order valence-corrected chi connectivity index (χ4v) is 3.68. The first-order valence-electron chi connectivity index (χ1n) is 8.04. The summed E-state index contributed by atoms with van der Waals surface area (Å²) < 4.78 is 13.8. The number of fused-ring (bicyclic) bond motifs is 1. The number of hydrogen-bond donors (Lipinski definition) is 0. The van der Waals surface area contributed by atoms with Gasteiger partial charge in [0.15, 0.2) is 5.82 Å². The number of likely N-dealkylation sites (tertiary alicyclic amines) is 1. The topological polar surface area (TPSA) is 62.2 Å². The Bertz CT molecular complexity index is 769. The predicted molar refractivity (Wildman–Crippen MR) is 86.1 cm³/mol. The monoisotopic (exact) mass is 327 g/mol. The average Bonchev–Trinajstić information content (AvgIpc) is 3.13. The van der Waals surface area contributed by atoms with E-state index >= 15 is 0 Å². The van der Waals surface area contributed by atoms with Crippen molar-refractivity contribution in [3.63, 3.8) is 0 Å². The molecular weight excluding hydrogens is 309 g/mol. The third-order valence-electron chi connectivity index (χ3n) is 4.89. The minimum atomic E-state index is -0.558. The fraction of sp³-hybridized carbons (Fsp3) is 0.412. The molecule has 0 radical (unpaired) electrons. The molecule has 124 valence electrons. The van der Waals surface area contributed by atoms with Gasteiger partial charge in [-0.1, -0.05) is 0 Å². The highest BCUT2D eigenvalue weighted by Crippen LogP contribution is 2.34. The Labute approximate surface area is 139 Å². The molecule has 0 spiro atoms. The number of hydrogen-bond acceptors (Lipinski definition) is 5. The quantitative estimate of drug-likeness (QED) is 0.837. The lowest BCUT2D eigenvalue weighted by Gasteiger charge is -2.22. The Morgan fingerprint density at radius 2 is 1.96 bits per heavy atom. The van der Waals surface area contributed by atoms with E-state index in [-0.39, 0.29) is 11.5 Å². The first-order chi connectivity index (χ1) is 11.6. The highest BCUT2D eigenvalue weighted by molar-refractivity contribution is 5.94. The van der Waals surface area contributed by atoms with E-state index in [4.69, 9.17) is 0 Å². The van der Waals surface area contributed by atoms with Crippen LogP contribution in [0.15, 0.2) is 30.9 Å².